The van der Waals surface area contributed by atoms with Gasteiger partial charge in [-0.3, -0.25) is 0 Å². The van der Waals surface area contributed by atoms with E-state index in [1.807, 2.05) is 0 Å². The van der Waals surface area contributed by atoms with Gasteiger partial charge in [0, 0.05) is 0 Å². The van der Waals surface area contributed by atoms with Gasteiger partial charge in [0.15, 0.2) is 0 Å². The average molecular weight is 191 g/mol. The molecule has 0 aliphatic carbocycles. The minimum Gasteiger partial charge on any atom is -0.478 e. The van der Waals surface area contributed by atoms with Crippen LogP contribution < -0.4 is 5.73 Å². The molecular formula is C9H9N3O2. The lowest BCUT2D eigenvalue weighted by molar-refractivity contribution is 0.0697. The molecule has 0 atom stereocenters. The van der Waals surface area contributed by atoms with Crippen LogP contribution in [-0.2, 0) is 0 Å². The van der Waals surface area contributed by atoms with Gasteiger partial charge in [0.1, 0.15) is 11.3 Å². The number of hydrogen-bond acceptors (Lipinski definition) is 3. The fraction of sp³-hybridized carbons (Fsp3) is 0.111. The number of nitrogens with one attached hydrogen (secondary N) is 1. The molecule has 2 aromatic rings. The van der Waals surface area contributed by atoms with Crippen LogP contribution in [0.2, 0.25) is 0 Å². The Kier molecular flexibility index (Phi) is 1.67. The minimum absolute atomic E-state index is 0.165. The summed E-state index contributed by atoms with van der Waals surface area (Å²) < 4.78 is 0. The predicted molar refractivity (Wildman–Crippen MR) is 52.2 cm³/mol. The first-order valence-electron chi connectivity index (χ1n) is 4.07. The van der Waals surface area contributed by atoms with E-state index in [1.165, 1.54) is 12.1 Å². The zero-order valence-electron chi connectivity index (χ0n) is 7.53. The number of nitrogen functional groups attached to an aromatic ring is 1. The molecule has 0 spiro atoms. The Morgan fingerprint density at radius 1 is 1.57 bits per heavy atom. The van der Waals surface area contributed by atoms with Gasteiger partial charge in [-0.1, -0.05) is 0 Å². The Balaban J connectivity index is 2.77. The van der Waals surface area contributed by atoms with E-state index in [0.717, 1.165) is 0 Å². The fourth-order valence-electron chi connectivity index (χ4n) is 1.39. The second-order valence-electron chi connectivity index (χ2n) is 3.09. The Labute approximate surface area is 79.6 Å². The van der Waals surface area contributed by atoms with Gasteiger partial charge in [0.05, 0.1) is 16.8 Å². The van der Waals surface area contributed by atoms with Crippen LogP contribution in [-0.4, -0.2) is 21.0 Å². The molecule has 72 valence electrons. The van der Waals surface area contributed by atoms with Crippen LogP contribution in [0.1, 0.15) is 16.2 Å². The molecule has 0 aliphatic rings. The molecule has 0 saturated heterocycles. The van der Waals surface area contributed by atoms with Crippen molar-refractivity contribution >= 4 is 22.7 Å². The minimum atomic E-state index is -0.995. The van der Waals surface area contributed by atoms with E-state index in [4.69, 9.17) is 10.8 Å². The number of carbonyl (C=O) groups is 1. The van der Waals surface area contributed by atoms with Crippen molar-refractivity contribution in [3.05, 3.63) is 23.5 Å². The second kappa shape index (κ2) is 2.73. The Morgan fingerprint density at radius 3 is 2.93 bits per heavy atom. The lowest BCUT2D eigenvalue weighted by atomic mass is 10.2. The molecular weight excluding hydrogens is 182 g/mol. The van der Waals surface area contributed by atoms with Crippen LogP contribution in [0.15, 0.2) is 12.1 Å². The molecule has 0 fully saturated rings. The van der Waals surface area contributed by atoms with Crippen LogP contribution >= 0.6 is 0 Å². The van der Waals surface area contributed by atoms with Crippen LogP contribution in [0.5, 0.6) is 0 Å². The highest BCUT2D eigenvalue weighted by Gasteiger charge is 2.09. The van der Waals surface area contributed by atoms with E-state index in [1.54, 1.807) is 6.92 Å². The molecule has 0 radical (unpaired) electrons. The molecule has 5 heteroatoms. The number of imidazole rings is 1. The molecule has 1 aromatic heterocycles. The van der Waals surface area contributed by atoms with E-state index >= 15 is 0 Å². The van der Waals surface area contributed by atoms with Crippen molar-refractivity contribution in [1.29, 1.82) is 0 Å². The zero-order chi connectivity index (χ0) is 10.3. The maximum atomic E-state index is 10.7. The predicted octanol–water partition coefficient (Wildman–Crippen LogP) is 1.15. The zero-order valence-corrected chi connectivity index (χ0v) is 7.53. The van der Waals surface area contributed by atoms with Gasteiger partial charge in [-0.2, -0.15) is 0 Å². The van der Waals surface area contributed by atoms with Gasteiger partial charge in [0.25, 0.3) is 0 Å². The standard InChI is InChI=1S/C9H9N3O2/c1-4-11-7-3-5(9(13)14)2-6(10)8(7)12-4/h2-3H,10H2,1H3,(H,11,12)(H,13,14). The summed E-state index contributed by atoms with van der Waals surface area (Å²) in [5.41, 5.74) is 7.48. The summed E-state index contributed by atoms with van der Waals surface area (Å²) in [5, 5.41) is 8.79. The normalized spacial score (nSPS) is 10.6. The molecule has 14 heavy (non-hydrogen) atoms. The highest BCUT2D eigenvalue weighted by molar-refractivity contribution is 5.97. The van der Waals surface area contributed by atoms with E-state index in [9.17, 15) is 4.79 Å². The Bertz CT molecular complexity index is 516. The fourth-order valence-corrected chi connectivity index (χ4v) is 1.39. The van der Waals surface area contributed by atoms with Gasteiger partial charge in [0.2, 0.25) is 0 Å². The van der Waals surface area contributed by atoms with Gasteiger partial charge >= 0.3 is 5.97 Å². The van der Waals surface area contributed by atoms with E-state index in [2.05, 4.69) is 9.97 Å². The van der Waals surface area contributed by atoms with Crippen molar-refractivity contribution in [3.8, 4) is 0 Å². The number of fused-ring (bicyclic) bond motifs is 1. The molecule has 2 rings (SSSR count). The number of aromatic carboxylic acids is 1. The first kappa shape index (κ1) is 8.55. The van der Waals surface area contributed by atoms with E-state index in [0.29, 0.717) is 22.5 Å². The van der Waals surface area contributed by atoms with Gasteiger partial charge in [-0.15, -0.1) is 0 Å². The summed E-state index contributed by atoms with van der Waals surface area (Å²) >= 11 is 0. The molecule has 0 unspecified atom stereocenters. The molecule has 5 nitrogen and oxygen atoms in total. The maximum absolute atomic E-state index is 10.7. The summed E-state index contributed by atoms with van der Waals surface area (Å²) in [5.74, 6) is -0.278. The second-order valence-corrected chi connectivity index (χ2v) is 3.09. The van der Waals surface area contributed by atoms with Gasteiger partial charge in [-0.25, -0.2) is 9.78 Å². The lowest BCUT2D eigenvalue weighted by Crippen LogP contribution is -1.98. The quantitative estimate of drug-likeness (QED) is 0.589. The number of carboxylic acid groups (broad SMARTS) is 1. The highest BCUT2D eigenvalue weighted by Crippen LogP contribution is 2.20. The van der Waals surface area contributed by atoms with Crippen LogP contribution in [0.3, 0.4) is 0 Å². The third-order valence-corrected chi connectivity index (χ3v) is 1.98. The third kappa shape index (κ3) is 1.19. The van der Waals surface area contributed by atoms with Crippen LogP contribution in [0.4, 0.5) is 5.69 Å². The average Bonchev–Trinajstić information content (AvgIpc) is 2.45. The van der Waals surface area contributed by atoms with E-state index < -0.39 is 5.97 Å². The number of hydrogen-bond donors (Lipinski definition) is 3. The molecule has 1 heterocycles. The van der Waals surface area contributed by atoms with Gasteiger partial charge < -0.3 is 15.8 Å². The first-order valence-corrected chi connectivity index (χ1v) is 4.07. The first-order chi connectivity index (χ1) is 6.58. The number of aromatic amines is 1. The van der Waals surface area contributed by atoms with Crippen LogP contribution in [0.25, 0.3) is 11.0 Å². The lowest BCUT2D eigenvalue weighted by Gasteiger charge is -1.97. The summed E-state index contributed by atoms with van der Waals surface area (Å²) in [6.07, 6.45) is 0. The molecule has 1 aromatic carbocycles. The Hall–Kier alpha value is -2.04. The monoisotopic (exact) mass is 191 g/mol. The van der Waals surface area contributed by atoms with Crippen molar-refractivity contribution in [2.24, 2.45) is 0 Å². The van der Waals surface area contributed by atoms with Gasteiger partial charge in [-0.05, 0) is 19.1 Å². The molecule has 0 amide bonds. The maximum Gasteiger partial charge on any atom is 0.335 e. The van der Waals surface area contributed by atoms with Crippen molar-refractivity contribution in [2.45, 2.75) is 6.92 Å². The number of nitrogens with two attached hydrogens (primary N) is 1. The molecule has 0 bridgehead atoms. The number of anilines is 1. The number of H-pyrrole nitrogens is 1. The number of carboxylic acids is 1. The topological polar surface area (TPSA) is 92.0 Å². The highest BCUT2D eigenvalue weighted by atomic mass is 16.4. The van der Waals surface area contributed by atoms with Crippen molar-refractivity contribution in [1.82, 2.24) is 9.97 Å². The van der Waals surface area contributed by atoms with E-state index in [-0.39, 0.29) is 5.56 Å². The summed E-state index contributed by atoms with van der Waals surface area (Å²) in [6.45, 7) is 1.79. The van der Waals surface area contributed by atoms with Crippen molar-refractivity contribution < 1.29 is 9.90 Å². The smallest absolute Gasteiger partial charge is 0.335 e. The summed E-state index contributed by atoms with van der Waals surface area (Å²) in [7, 11) is 0. The number of aromatic nitrogens is 2. The number of aryl methyl sites for hydroxylation is 1. The Morgan fingerprint density at radius 2 is 2.29 bits per heavy atom. The SMILES string of the molecule is Cc1nc2c(N)cc(C(=O)O)cc2[nH]1. The van der Waals surface area contributed by atoms with Crippen LogP contribution in [0, 0.1) is 6.92 Å². The third-order valence-electron chi connectivity index (χ3n) is 1.98. The molecule has 0 saturated carbocycles. The summed E-state index contributed by atoms with van der Waals surface area (Å²) in [4.78, 5) is 17.8. The van der Waals surface area contributed by atoms with Crippen molar-refractivity contribution in [2.75, 3.05) is 5.73 Å². The largest absolute Gasteiger partial charge is 0.478 e. The number of rotatable bonds is 1. The molecule has 4 N–H and O–H groups in total. The molecule has 0 aliphatic heterocycles. The number of nitrogens with zero attached hydrogens (tertiary/aromatic N) is 1. The van der Waals surface area contributed by atoms with Crippen molar-refractivity contribution in [3.63, 3.8) is 0 Å². The summed E-state index contributed by atoms with van der Waals surface area (Å²) in [6, 6.07) is 2.93. The number of benzene rings is 1.